The summed E-state index contributed by atoms with van der Waals surface area (Å²) < 4.78 is 0. The standard InChI is InChI=1S/C21H17NO.C15H11NO.4C2H6.2CH3.4W/c23-21(22-19-14-8-3-9-15-19)20(18-12-6-2-7-13-18)16-17-10-4-1-5-11-17;17-15-13(11-6-2-1-3-7-11)10-12-8-4-5-9-14(12)16-15;4*1-2;;;;;;/h1-16H,(H,22,23);1-10H,(H,16,17);4*1-2H3;2*1H3;;;;/q;;;;;;2*-1;;;;/b20-16+;;;;;;;;;;;. The minimum atomic E-state index is -0.119. The van der Waals surface area contributed by atoms with Crippen LogP contribution in [0.5, 0.6) is 0 Å². The van der Waals surface area contributed by atoms with Gasteiger partial charge in [-0.15, -0.1) is 0 Å². The summed E-state index contributed by atoms with van der Waals surface area (Å²) in [5, 5.41) is 4.00. The van der Waals surface area contributed by atoms with Crippen LogP contribution in [0.3, 0.4) is 0 Å². The number of carbonyl (C=O) groups excluding carboxylic acids is 1. The molecule has 1 heterocycles. The third-order valence-corrected chi connectivity index (χ3v) is 6.31. The predicted octanol–water partition coefficient (Wildman–Crippen LogP) is 13.1. The van der Waals surface area contributed by atoms with Crippen LogP contribution < -0.4 is 10.9 Å². The summed E-state index contributed by atoms with van der Waals surface area (Å²) in [5.41, 5.74) is 5.79. The zero-order chi connectivity index (χ0) is 35.6. The molecule has 6 aromatic rings. The van der Waals surface area contributed by atoms with Gasteiger partial charge >= 0.3 is 0 Å². The van der Waals surface area contributed by atoms with Gasteiger partial charge in [0.25, 0.3) is 11.5 Å². The number of aromatic nitrogens is 1. The number of hydrogen-bond donors (Lipinski definition) is 2. The van der Waals surface area contributed by atoms with Gasteiger partial charge in [0.1, 0.15) is 0 Å². The monoisotopic (exact) mass is 1410 g/mol. The number of nitrogens with one attached hydrogen (secondary N) is 2. The molecule has 2 N–H and O–H groups in total. The molecule has 54 heavy (non-hydrogen) atoms. The number of anilines is 1. The minimum absolute atomic E-state index is 0. The van der Waals surface area contributed by atoms with Gasteiger partial charge in [0.2, 0.25) is 0 Å². The molecule has 4 nitrogen and oxygen atoms in total. The summed E-state index contributed by atoms with van der Waals surface area (Å²) in [4.78, 5) is 27.6. The van der Waals surface area contributed by atoms with Crippen molar-refractivity contribution in [3.8, 4) is 11.1 Å². The molecule has 5 aromatic carbocycles. The van der Waals surface area contributed by atoms with E-state index in [9.17, 15) is 9.59 Å². The predicted molar refractivity (Wildman–Crippen MR) is 224 cm³/mol. The molecule has 0 bridgehead atoms. The van der Waals surface area contributed by atoms with Crippen molar-refractivity contribution in [3.63, 3.8) is 0 Å². The summed E-state index contributed by atoms with van der Waals surface area (Å²) in [6.07, 6.45) is 1.91. The average molecular weight is 1410 g/mol. The molecule has 0 aliphatic rings. The first-order valence-corrected chi connectivity index (χ1v) is 17.0. The molecule has 0 unspecified atom stereocenters. The summed E-state index contributed by atoms with van der Waals surface area (Å²) in [5.74, 6) is -0.119. The number of amides is 1. The first-order chi connectivity index (χ1) is 23.7. The Hall–Kier alpha value is -2.73. The molecule has 0 fully saturated rings. The second-order valence-electron chi connectivity index (χ2n) is 9.12. The maximum atomic E-state index is 12.7. The van der Waals surface area contributed by atoms with Crippen LogP contribution in [0.4, 0.5) is 5.69 Å². The van der Waals surface area contributed by atoms with Gasteiger partial charge in [0.05, 0.1) is 0 Å². The molecule has 1 amide bonds. The fourth-order valence-corrected chi connectivity index (χ4v) is 4.31. The molecule has 1 aromatic heterocycles. The normalized spacial score (nSPS) is 8.48. The van der Waals surface area contributed by atoms with Crippen molar-refractivity contribution >= 4 is 34.1 Å². The van der Waals surface area contributed by atoms with E-state index in [1.807, 2.05) is 213 Å². The van der Waals surface area contributed by atoms with E-state index in [2.05, 4.69) is 10.3 Å². The van der Waals surface area contributed by atoms with Gasteiger partial charge in [-0.3, -0.25) is 9.59 Å². The number of rotatable bonds is 5. The van der Waals surface area contributed by atoms with Gasteiger partial charge in [-0.2, -0.15) is 0 Å². The van der Waals surface area contributed by atoms with E-state index >= 15 is 0 Å². The zero-order valence-electron chi connectivity index (χ0n) is 33.5. The molecule has 6 rings (SSSR count). The summed E-state index contributed by atoms with van der Waals surface area (Å²) in [6.45, 7) is 16.0. The topological polar surface area (TPSA) is 62.0 Å². The van der Waals surface area contributed by atoms with Gasteiger partial charge in [-0.1, -0.05) is 183 Å². The number of benzene rings is 5. The van der Waals surface area contributed by atoms with Crippen LogP contribution in [0.25, 0.3) is 33.7 Å². The average Bonchev–Trinajstić information content (AvgIpc) is 3.18. The number of pyridine rings is 1. The Labute approximate surface area is 384 Å². The Morgan fingerprint density at radius 2 is 0.944 bits per heavy atom. The molecule has 0 spiro atoms. The number of fused-ring (bicyclic) bond motifs is 1. The van der Waals surface area contributed by atoms with E-state index < -0.39 is 0 Å². The first-order valence-electron chi connectivity index (χ1n) is 17.0. The summed E-state index contributed by atoms with van der Waals surface area (Å²) >= 11 is 0. The van der Waals surface area contributed by atoms with Crippen molar-refractivity contribution in [3.05, 3.63) is 188 Å². The largest absolute Gasteiger partial charge is 0.358 e. The third-order valence-electron chi connectivity index (χ3n) is 6.31. The maximum absolute atomic E-state index is 12.7. The van der Waals surface area contributed by atoms with Gasteiger partial charge in [0.15, 0.2) is 0 Å². The van der Waals surface area contributed by atoms with E-state index in [1.165, 1.54) is 0 Å². The third kappa shape index (κ3) is 22.0. The van der Waals surface area contributed by atoms with Crippen LogP contribution in [0.2, 0.25) is 0 Å². The fourth-order valence-electron chi connectivity index (χ4n) is 4.31. The number of aromatic amines is 1. The van der Waals surface area contributed by atoms with Crippen LogP contribution in [0, 0.1) is 14.9 Å². The van der Waals surface area contributed by atoms with Gasteiger partial charge in [-0.05, 0) is 52.4 Å². The molecule has 8 heteroatoms. The number of H-pyrrole nitrogens is 1. The molecule has 0 atom stereocenters. The molecule has 0 radical (unpaired) electrons. The number of carbonyl (C=O) groups is 1. The van der Waals surface area contributed by atoms with Crippen molar-refractivity contribution in [2.45, 2.75) is 55.4 Å². The van der Waals surface area contributed by atoms with E-state index in [1.54, 1.807) is 0 Å². The summed E-state index contributed by atoms with van der Waals surface area (Å²) in [6, 6.07) is 48.5. The smallest absolute Gasteiger partial charge is 0.256 e. The zero-order valence-corrected chi connectivity index (χ0v) is 45.2. The second-order valence-corrected chi connectivity index (χ2v) is 9.12. The molecular weight excluding hydrogens is 1350 g/mol. The van der Waals surface area contributed by atoms with Crippen molar-refractivity contribution in [1.82, 2.24) is 4.98 Å². The quantitative estimate of drug-likeness (QED) is 0.103. The fraction of sp³-hybridized carbons (Fsp3) is 0.174. The van der Waals surface area contributed by atoms with Gasteiger partial charge in [-0.25, -0.2) is 0 Å². The van der Waals surface area contributed by atoms with E-state index in [0.717, 1.165) is 33.3 Å². The van der Waals surface area contributed by atoms with Crippen LogP contribution in [-0.2, 0) is 89.1 Å². The van der Waals surface area contributed by atoms with E-state index in [-0.39, 0.29) is 111 Å². The van der Waals surface area contributed by atoms with Gasteiger partial charge in [0, 0.05) is 107 Å². The Bertz CT molecular complexity index is 1800. The molecule has 0 saturated heterocycles. The minimum Gasteiger partial charge on any atom is -0.358 e. The Morgan fingerprint density at radius 1 is 0.537 bits per heavy atom. The number of para-hydroxylation sites is 2. The van der Waals surface area contributed by atoms with E-state index in [4.69, 9.17) is 0 Å². The number of hydrogen-bond acceptors (Lipinski definition) is 2. The van der Waals surface area contributed by atoms with Crippen LogP contribution in [0.1, 0.15) is 66.5 Å². The first kappa shape index (κ1) is 63.2. The molecule has 0 aliphatic carbocycles. The molecule has 290 valence electrons. The molecule has 0 aliphatic heterocycles. The SMILES string of the molecule is CC.CC.CC.CC.O=C(Nc1ccccc1)/C(=C/c1ccccc1)c1ccccc1.O=c1[nH]c2ccccc2cc1-c1ccccc1.[CH3-].[CH3-].[W].[W].[W].[W]. The molecular formula is C46H58N2O2W4-2. The van der Waals surface area contributed by atoms with Crippen molar-refractivity contribution in [2.24, 2.45) is 0 Å². The van der Waals surface area contributed by atoms with Crippen LogP contribution in [-0.4, -0.2) is 10.9 Å². The van der Waals surface area contributed by atoms with E-state index in [0.29, 0.717) is 11.1 Å². The van der Waals surface area contributed by atoms with Crippen LogP contribution >= 0.6 is 0 Å². The Kier molecular flexibility index (Phi) is 46.8. The molecule has 0 saturated carbocycles. The van der Waals surface area contributed by atoms with Crippen molar-refractivity contribution < 1.29 is 89.1 Å². The van der Waals surface area contributed by atoms with Crippen molar-refractivity contribution in [1.29, 1.82) is 0 Å². The maximum Gasteiger partial charge on any atom is 0.256 e. The van der Waals surface area contributed by atoms with Crippen LogP contribution in [0.15, 0.2) is 156 Å². The second kappa shape index (κ2) is 40.0. The Morgan fingerprint density at radius 3 is 1.44 bits per heavy atom. The van der Waals surface area contributed by atoms with Crippen molar-refractivity contribution in [2.75, 3.05) is 5.32 Å². The summed E-state index contributed by atoms with van der Waals surface area (Å²) in [7, 11) is 0. The Balaban J connectivity index is -0.000000168. The van der Waals surface area contributed by atoms with Gasteiger partial charge < -0.3 is 25.2 Å².